The average Bonchev–Trinajstić information content (AvgIpc) is 2.39. The fourth-order valence-corrected chi connectivity index (χ4v) is 2.90. The van der Waals surface area contributed by atoms with E-state index in [9.17, 15) is 4.79 Å². The molecule has 2 unspecified atom stereocenters. The second kappa shape index (κ2) is 6.12. The zero-order valence-electron chi connectivity index (χ0n) is 12.5. The van der Waals surface area contributed by atoms with E-state index in [1.807, 2.05) is 6.07 Å². The molecule has 20 heavy (non-hydrogen) atoms. The van der Waals surface area contributed by atoms with Crippen molar-refractivity contribution in [1.82, 2.24) is 0 Å². The molecule has 3 nitrogen and oxygen atoms in total. The molecule has 0 saturated carbocycles. The lowest BCUT2D eigenvalue weighted by atomic mass is 9.93. The van der Waals surface area contributed by atoms with Crippen LogP contribution in [0.2, 0.25) is 0 Å². The number of benzene rings is 1. The van der Waals surface area contributed by atoms with Gasteiger partial charge in [-0.05, 0) is 61.9 Å². The topological polar surface area (TPSA) is 40.5 Å². The van der Waals surface area contributed by atoms with E-state index < -0.39 is 5.97 Å². The van der Waals surface area contributed by atoms with Gasteiger partial charge in [-0.3, -0.25) is 0 Å². The molecular weight excluding hydrogens is 250 g/mol. The number of nitrogens with zero attached hydrogens (tertiary/aromatic N) is 1. The van der Waals surface area contributed by atoms with Gasteiger partial charge in [0.25, 0.3) is 0 Å². The monoisotopic (exact) mass is 273 g/mol. The van der Waals surface area contributed by atoms with E-state index >= 15 is 0 Å². The first-order valence-corrected chi connectivity index (χ1v) is 7.25. The highest BCUT2D eigenvalue weighted by atomic mass is 16.4. The van der Waals surface area contributed by atoms with Gasteiger partial charge in [-0.1, -0.05) is 13.0 Å². The van der Waals surface area contributed by atoms with Crippen molar-refractivity contribution in [2.24, 2.45) is 5.92 Å². The molecule has 1 aliphatic rings. The number of piperidine rings is 1. The van der Waals surface area contributed by atoms with Crippen molar-refractivity contribution < 1.29 is 9.90 Å². The third-order valence-corrected chi connectivity index (χ3v) is 4.07. The molecule has 0 radical (unpaired) electrons. The van der Waals surface area contributed by atoms with Crippen LogP contribution in [0.3, 0.4) is 0 Å². The molecule has 1 N–H and O–H groups in total. The molecule has 2 atom stereocenters. The second-order valence-corrected chi connectivity index (χ2v) is 5.90. The van der Waals surface area contributed by atoms with Crippen LogP contribution < -0.4 is 4.90 Å². The summed E-state index contributed by atoms with van der Waals surface area (Å²) in [6.07, 6.45) is 5.36. The summed E-state index contributed by atoms with van der Waals surface area (Å²) >= 11 is 0. The lowest BCUT2D eigenvalue weighted by molar-refractivity contribution is -0.131. The van der Waals surface area contributed by atoms with Gasteiger partial charge in [-0.2, -0.15) is 0 Å². The molecule has 1 fully saturated rings. The van der Waals surface area contributed by atoms with Crippen LogP contribution in [-0.2, 0) is 4.79 Å². The third-order valence-electron chi connectivity index (χ3n) is 4.07. The van der Waals surface area contributed by atoms with E-state index in [2.05, 4.69) is 37.8 Å². The molecule has 108 valence electrons. The number of carboxylic acid groups (broad SMARTS) is 1. The van der Waals surface area contributed by atoms with Gasteiger partial charge in [0.05, 0.1) is 0 Å². The van der Waals surface area contributed by atoms with Crippen LogP contribution in [0.15, 0.2) is 24.3 Å². The quantitative estimate of drug-likeness (QED) is 0.853. The van der Waals surface area contributed by atoms with E-state index in [0.29, 0.717) is 6.04 Å². The van der Waals surface area contributed by atoms with Crippen LogP contribution in [0.4, 0.5) is 5.69 Å². The van der Waals surface area contributed by atoms with Crippen LogP contribution in [0, 0.1) is 12.8 Å². The molecule has 0 amide bonds. The van der Waals surface area contributed by atoms with Gasteiger partial charge < -0.3 is 10.0 Å². The number of carboxylic acids is 1. The number of hydrogen-bond donors (Lipinski definition) is 1. The van der Waals surface area contributed by atoms with Crippen LogP contribution in [-0.4, -0.2) is 23.7 Å². The van der Waals surface area contributed by atoms with E-state index in [0.717, 1.165) is 18.0 Å². The summed E-state index contributed by atoms with van der Waals surface area (Å²) in [6, 6.07) is 6.74. The Morgan fingerprint density at radius 1 is 1.35 bits per heavy atom. The number of hydrogen-bond acceptors (Lipinski definition) is 2. The summed E-state index contributed by atoms with van der Waals surface area (Å²) in [6.45, 7) is 7.79. The highest BCUT2D eigenvalue weighted by molar-refractivity contribution is 5.85. The van der Waals surface area contributed by atoms with Crippen molar-refractivity contribution in [3.05, 3.63) is 35.4 Å². The van der Waals surface area contributed by atoms with Crippen molar-refractivity contribution >= 4 is 17.7 Å². The zero-order chi connectivity index (χ0) is 14.7. The Morgan fingerprint density at radius 2 is 2.10 bits per heavy atom. The van der Waals surface area contributed by atoms with Crippen molar-refractivity contribution in [2.45, 2.75) is 39.7 Å². The minimum atomic E-state index is -0.912. The maximum absolute atomic E-state index is 10.6. The molecule has 1 saturated heterocycles. The minimum absolute atomic E-state index is 0.574. The first-order valence-electron chi connectivity index (χ1n) is 7.25. The molecule has 0 bridgehead atoms. The lowest BCUT2D eigenvalue weighted by Crippen LogP contribution is -2.41. The second-order valence-electron chi connectivity index (χ2n) is 5.90. The molecule has 0 aliphatic carbocycles. The minimum Gasteiger partial charge on any atom is -0.478 e. The van der Waals surface area contributed by atoms with Gasteiger partial charge in [-0.25, -0.2) is 4.79 Å². The summed E-state index contributed by atoms with van der Waals surface area (Å²) in [5.41, 5.74) is 3.42. The molecule has 3 heteroatoms. The van der Waals surface area contributed by atoms with Gasteiger partial charge in [0.1, 0.15) is 0 Å². The summed E-state index contributed by atoms with van der Waals surface area (Å²) in [5, 5.41) is 8.67. The largest absolute Gasteiger partial charge is 0.478 e. The SMILES string of the molecule is Cc1cc(C=CC(=O)O)ccc1N1CC(C)CCC1C. The number of aryl methyl sites for hydroxylation is 1. The fourth-order valence-electron chi connectivity index (χ4n) is 2.90. The Hall–Kier alpha value is -1.77. The number of carbonyl (C=O) groups is 1. The molecule has 1 aliphatic heterocycles. The summed E-state index contributed by atoms with van der Waals surface area (Å²) in [5.74, 6) is -0.178. The van der Waals surface area contributed by atoms with Crippen LogP contribution in [0.1, 0.15) is 37.8 Å². The Balaban J connectivity index is 2.22. The third kappa shape index (κ3) is 3.41. The van der Waals surface area contributed by atoms with Crippen LogP contribution >= 0.6 is 0 Å². The van der Waals surface area contributed by atoms with E-state index in [1.54, 1.807) is 6.08 Å². The number of anilines is 1. The molecule has 1 aromatic carbocycles. The predicted molar refractivity (Wildman–Crippen MR) is 83.1 cm³/mol. The first kappa shape index (κ1) is 14.6. The summed E-state index contributed by atoms with van der Waals surface area (Å²) in [7, 11) is 0. The maximum atomic E-state index is 10.6. The van der Waals surface area contributed by atoms with Gasteiger partial charge in [-0.15, -0.1) is 0 Å². The lowest BCUT2D eigenvalue weighted by Gasteiger charge is -2.39. The van der Waals surface area contributed by atoms with E-state index in [4.69, 9.17) is 5.11 Å². The van der Waals surface area contributed by atoms with Crippen molar-refractivity contribution in [2.75, 3.05) is 11.4 Å². The average molecular weight is 273 g/mol. The Morgan fingerprint density at radius 3 is 2.75 bits per heavy atom. The maximum Gasteiger partial charge on any atom is 0.328 e. The molecule has 1 aromatic rings. The van der Waals surface area contributed by atoms with Crippen LogP contribution in [0.25, 0.3) is 6.08 Å². The van der Waals surface area contributed by atoms with Gasteiger partial charge in [0.15, 0.2) is 0 Å². The van der Waals surface area contributed by atoms with Gasteiger partial charge in [0, 0.05) is 24.4 Å². The van der Waals surface area contributed by atoms with E-state index in [-0.39, 0.29) is 0 Å². The summed E-state index contributed by atoms with van der Waals surface area (Å²) < 4.78 is 0. The number of aliphatic carboxylic acids is 1. The molecule has 0 spiro atoms. The highest BCUT2D eigenvalue weighted by Crippen LogP contribution is 2.30. The summed E-state index contributed by atoms with van der Waals surface area (Å²) in [4.78, 5) is 13.0. The standard InChI is InChI=1S/C17H23NO2/c1-12-4-5-14(3)18(11-12)16-8-6-15(10-13(16)2)7-9-17(19)20/h6-10,12,14H,4-5,11H2,1-3H3,(H,19,20). The zero-order valence-corrected chi connectivity index (χ0v) is 12.5. The Bertz CT molecular complexity index is 522. The van der Waals surface area contributed by atoms with Crippen molar-refractivity contribution in [3.8, 4) is 0 Å². The first-order chi connectivity index (χ1) is 9.47. The van der Waals surface area contributed by atoms with Gasteiger partial charge >= 0.3 is 5.97 Å². The Kier molecular flexibility index (Phi) is 4.48. The molecule has 0 aromatic heterocycles. The predicted octanol–water partition coefficient (Wildman–Crippen LogP) is 3.72. The smallest absolute Gasteiger partial charge is 0.328 e. The van der Waals surface area contributed by atoms with Crippen molar-refractivity contribution in [3.63, 3.8) is 0 Å². The highest BCUT2D eigenvalue weighted by Gasteiger charge is 2.23. The fraction of sp³-hybridized carbons (Fsp3) is 0.471. The van der Waals surface area contributed by atoms with Crippen molar-refractivity contribution in [1.29, 1.82) is 0 Å². The van der Waals surface area contributed by atoms with Crippen LogP contribution in [0.5, 0.6) is 0 Å². The molecule has 1 heterocycles. The van der Waals surface area contributed by atoms with E-state index in [1.165, 1.54) is 30.2 Å². The Labute approximate surface area is 120 Å². The normalized spacial score (nSPS) is 23.2. The molecule has 2 rings (SSSR count). The molecular formula is C17H23NO2. The van der Waals surface area contributed by atoms with Gasteiger partial charge in [0.2, 0.25) is 0 Å². The number of rotatable bonds is 3.